The average Bonchev–Trinajstić information content (AvgIpc) is 2.60. The zero-order valence-corrected chi connectivity index (χ0v) is 9.64. The lowest BCUT2D eigenvalue weighted by Crippen LogP contribution is -2.11. The maximum atomic E-state index is 8.23. The summed E-state index contributed by atoms with van der Waals surface area (Å²) < 4.78 is 0. The normalized spacial score (nSPS) is 11.3. The summed E-state index contributed by atoms with van der Waals surface area (Å²) in [5.74, 6) is 2.02. The van der Waals surface area contributed by atoms with Crippen molar-refractivity contribution in [2.75, 3.05) is 11.5 Å². The SMILES string of the molecule is N#CN=C(N)CCSCc1csc(N)n1. The van der Waals surface area contributed by atoms with Gasteiger partial charge >= 0.3 is 0 Å². The van der Waals surface area contributed by atoms with E-state index < -0.39 is 0 Å². The van der Waals surface area contributed by atoms with Gasteiger partial charge in [-0.1, -0.05) is 0 Å². The predicted octanol–water partition coefficient (Wildman–Crippen LogP) is 1.19. The van der Waals surface area contributed by atoms with E-state index in [1.54, 1.807) is 18.0 Å². The van der Waals surface area contributed by atoms with Gasteiger partial charge in [0.25, 0.3) is 0 Å². The number of nitrogen functional groups attached to an aromatic ring is 1. The van der Waals surface area contributed by atoms with Crippen LogP contribution in [0.15, 0.2) is 10.4 Å². The Kier molecular flexibility index (Phi) is 4.93. The molecule has 0 bridgehead atoms. The third-order valence-corrected chi connectivity index (χ3v) is 3.23. The molecule has 4 N–H and O–H groups in total. The molecule has 0 saturated heterocycles. The van der Waals surface area contributed by atoms with Gasteiger partial charge in [-0.2, -0.15) is 22.0 Å². The minimum Gasteiger partial charge on any atom is -0.386 e. The lowest BCUT2D eigenvalue weighted by molar-refractivity contribution is 1.21. The van der Waals surface area contributed by atoms with Crippen LogP contribution in [-0.2, 0) is 5.75 Å². The maximum Gasteiger partial charge on any atom is 0.207 e. The van der Waals surface area contributed by atoms with E-state index in [0.717, 1.165) is 17.2 Å². The van der Waals surface area contributed by atoms with Gasteiger partial charge in [-0.3, -0.25) is 0 Å². The number of aromatic nitrogens is 1. The molecule has 0 unspecified atom stereocenters. The number of thioether (sulfide) groups is 1. The molecule has 7 heteroatoms. The highest BCUT2D eigenvalue weighted by Gasteiger charge is 1.99. The molecule has 0 saturated carbocycles. The van der Waals surface area contributed by atoms with E-state index in [1.807, 2.05) is 5.38 Å². The van der Waals surface area contributed by atoms with Crippen LogP contribution < -0.4 is 11.5 Å². The number of aliphatic imine (C=N–C) groups is 1. The van der Waals surface area contributed by atoms with E-state index in [0.29, 0.717) is 17.4 Å². The maximum absolute atomic E-state index is 8.23. The largest absolute Gasteiger partial charge is 0.386 e. The first kappa shape index (κ1) is 11.8. The van der Waals surface area contributed by atoms with Gasteiger partial charge in [-0.05, 0) is 0 Å². The van der Waals surface area contributed by atoms with Gasteiger partial charge in [-0.15, -0.1) is 11.3 Å². The fourth-order valence-corrected chi connectivity index (χ4v) is 2.39. The molecule has 0 atom stereocenters. The topological polar surface area (TPSA) is 101 Å². The monoisotopic (exact) mass is 241 g/mol. The van der Waals surface area contributed by atoms with Gasteiger partial charge in [-0.25, -0.2) is 4.98 Å². The Morgan fingerprint density at radius 2 is 2.53 bits per heavy atom. The number of amidine groups is 1. The van der Waals surface area contributed by atoms with Crippen molar-refractivity contribution in [2.45, 2.75) is 12.2 Å². The molecule has 0 aliphatic carbocycles. The van der Waals surface area contributed by atoms with E-state index in [1.165, 1.54) is 11.3 Å². The van der Waals surface area contributed by atoms with Crippen LogP contribution in [0.5, 0.6) is 0 Å². The predicted molar refractivity (Wildman–Crippen MR) is 64.5 cm³/mol. The van der Waals surface area contributed by atoms with Gasteiger partial charge in [0.15, 0.2) is 5.13 Å². The zero-order chi connectivity index (χ0) is 11.1. The van der Waals surface area contributed by atoms with Crippen LogP contribution in [0.3, 0.4) is 0 Å². The first-order valence-electron chi connectivity index (χ1n) is 4.21. The summed E-state index contributed by atoms with van der Waals surface area (Å²) in [5.41, 5.74) is 11.9. The number of nitriles is 1. The molecule has 0 radical (unpaired) electrons. The molecular weight excluding hydrogens is 230 g/mol. The number of nitrogens with two attached hydrogens (primary N) is 2. The Hall–Kier alpha value is -1.26. The van der Waals surface area contributed by atoms with Gasteiger partial charge in [0, 0.05) is 23.3 Å². The standard InChI is InChI=1S/C8H11N5S2/c9-5-12-7(10)1-2-14-3-6-4-15-8(11)13-6/h4H,1-3H2,(H2,10,12)(H2,11,13). The summed E-state index contributed by atoms with van der Waals surface area (Å²) in [5, 5.41) is 10.8. The van der Waals surface area contributed by atoms with Crippen LogP contribution in [0.25, 0.3) is 0 Å². The Balaban J connectivity index is 2.18. The third-order valence-electron chi connectivity index (χ3n) is 1.52. The van der Waals surface area contributed by atoms with Crippen molar-refractivity contribution in [2.24, 2.45) is 10.7 Å². The van der Waals surface area contributed by atoms with Crippen LogP contribution in [-0.4, -0.2) is 16.6 Å². The molecule has 0 aromatic carbocycles. The van der Waals surface area contributed by atoms with E-state index in [9.17, 15) is 0 Å². The summed E-state index contributed by atoms with van der Waals surface area (Å²) in [4.78, 5) is 7.55. The summed E-state index contributed by atoms with van der Waals surface area (Å²) in [7, 11) is 0. The first-order valence-corrected chi connectivity index (χ1v) is 6.24. The van der Waals surface area contributed by atoms with Crippen molar-refractivity contribution in [3.8, 4) is 6.19 Å². The second kappa shape index (κ2) is 6.27. The lowest BCUT2D eigenvalue weighted by atomic mass is 10.4. The van der Waals surface area contributed by atoms with Gasteiger partial charge < -0.3 is 11.5 Å². The van der Waals surface area contributed by atoms with Crippen LogP contribution in [0.4, 0.5) is 5.13 Å². The molecule has 80 valence electrons. The Bertz CT molecular complexity index is 379. The summed E-state index contributed by atoms with van der Waals surface area (Å²) in [6.07, 6.45) is 2.28. The van der Waals surface area contributed by atoms with Crippen molar-refractivity contribution < 1.29 is 0 Å². The number of thiazole rings is 1. The summed E-state index contributed by atoms with van der Waals surface area (Å²) >= 11 is 3.13. The number of hydrogen-bond acceptors (Lipinski definition) is 6. The molecule has 0 fully saturated rings. The van der Waals surface area contributed by atoms with E-state index in [-0.39, 0.29) is 0 Å². The molecule has 1 rings (SSSR count). The highest BCUT2D eigenvalue weighted by atomic mass is 32.2. The van der Waals surface area contributed by atoms with Gasteiger partial charge in [0.2, 0.25) is 6.19 Å². The number of nitrogens with zero attached hydrogens (tertiary/aromatic N) is 3. The molecule has 0 aliphatic rings. The molecule has 0 aliphatic heterocycles. The Labute approximate surface area is 96.2 Å². The van der Waals surface area contributed by atoms with Crippen LogP contribution >= 0.6 is 23.1 Å². The van der Waals surface area contributed by atoms with Crippen molar-refractivity contribution in [3.63, 3.8) is 0 Å². The van der Waals surface area contributed by atoms with Crippen LogP contribution in [0.2, 0.25) is 0 Å². The molecule has 0 spiro atoms. The van der Waals surface area contributed by atoms with Crippen LogP contribution in [0.1, 0.15) is 12.1 Å². The van der Waals surface area contributed by atoms with Crippen molar-refractivity contribution >= 4 is 34.1 Å². The van der Waals surface area contributed by atoms with Crippen molar-refractivity contribution in [3.05, 3.63) is 11.1 Å². The number of hydrogen-bond donors (Lipinski definition) is 2. The molecule has 1 heterocycles. The van der Waals surface area contributed by atoms with E-state index >= 15 is 0 Å². The molecule has 1 aromatic rings. The quantitative estimate of drug-likeness (QED) is 0.349. The minimum absolute atomic E-state index is 0.378. The zero-order valence-electron chi connectivity index (χ0n) is 8.01. The number of rotatable bonds is 5. The summed E-state index contributed by atoms with van der Waals surface area (Å²) in [6.45, 7) is 0. The average molecular weight is 241 g/mol. The number of anilines is 1. The highest BCUT2D eigenvalue weighted by Crippen LogP contribution is 2.17. The smallest absolute Gasteiger partial charge is 0.207 e. The lowest BCUT2D eigenvalue weighted by Gasteiger charge is -1.97. The van der Waals surface area contributed by atoms with E-state index in [4.69, 9.17) is 16.7 Å². The van der Waals surface area contributed by atoms with Gasteiger partial charge in [0.1, 0.15) is 5.84 Å². The molecular formula is C8H11N5S2. The first-order chi connectivity index (χ1) is 7.22. The molecule has 15 heavy (non-hydrogen) atoms. The fourth-order valence-electron chi connectivity index (χ4n) is 0.863. The Morgan fingerprint density at radius 1 is 1.73 bits per heavy atom. The summed E-state index contributed by atoms with van der Waals surface area (Å²) in [6, 6.07) is 0. The third kappa shape index (κ3) is 4.67. The molecule has 0 amide bonds. The molecule has 5 nitrogen and oxygen atoms in total. The Morgan fingerprint density at radius 3 is 3.13 bits per heavy atom. The fraction of sp³-hybridized carbons (Fsp3) is 0.375. The minimum atomic E-state index is 0.378. The second-order valence-electron chi connectivity index (χ2n) is 2.68. The second-order valence-corrected chi connectivity index (χ2v) is 4.68. The van der Waals surface area contributed by atoms with E-state index in [2.05, 4.69) is 9.98 Å². The molecule has 1 aromatic heterocycles. The van der Waals surface area contributed by atoms with Crippen molar-refractivity contribution in [1.29, 1.82) is 5.26 Å². The van der Waals surface area contributed by atoms with Crippen molar-refractivity contribution in [1.82, 2.24) is 4.98 Å². The van der Waals surface area contributed by atoms with Gasteiger partial charge in [0.05, 0.1) is 5.69 Å². The van der Waals surface area contributed by atoms with Crippen LogP contribution in [0, 0.1) is 11.5 Å². The highest BCUT2D eigenvalue weighted by molar-refractivity contribution is 7.98.